The Morgan fingerprint density at radius 1 is 1.26 bits per heavy atom. The number of rotatable bonds is 4. The van der Waals surface area contributed by atoms with E-state index in [9.17, 15) is 4.79 Å². The quantitative estimate of drug-likeness (QED) is 0.715. The largest absolute Gasteiger partial charge is 0.333 e. The molecule has 1 atom stereocenters. The molecule has 0 saturated heterocycles. The molecule has 4 nitrogen and oxygen atoms in total. The maximum absolute atomic E-state index is 12.6. The Balaban J connectivity index is 1.74. The zero-order valence-electron chi connectivity index (χ0n) is 12.8. The number of aromatic nitrogens is 2. The number of carbonyl (C=O) groups excluding carboxylic acids is 1. The minimum Gasteiger partial charge on any atom is -0.333 e. The molecule has 0 radical (unpaired) electrons. The van der Waals surface area contributed by atoms with E-state index in [0.29, 0.717) is 10.2 Å². The highest BCUT2D eigenvalue weighted by Crippen LogP contribution is 2.26. The van der Waals surface area contributed by atoms with Gasteiger partial charge in [-0.05, 0) is 37.3 Å². The van der Waals surface area contributed by atoms with Crippen molar-refractivity contribution in [1.82, 2.24) is 9.97 Å². The van der Waals surface area contributed by atoms with Gasteiger partial charge in [-0.3, -0.25) is 4.79 Å². The first-order valence-corrected chi connectivity index (χ1v) is 8.45. The highest BCUT2D eigenvalue weighted by atomic mass is 35.5. The molecule has 0 aliphatic carbocycles. The number of benzene rings is 2. The van der Waals surface area contributed by atoms with Crippen molar-refractivity contribution in [2.75, 3.05) is 11.9 Å². The lowest BCUT2D eigenvalue weighted by molar-refractivity contribution is -0.117. The molecule has 0 saturated carbocycles. The second-order valence-corrected chi connectivity index (χ2v) is 6.96. The number of halogens is 1. The second kappa shape index (κ2) is 6.64. The van der Waals surface area contributed by atoms with Crippen molar-refractivity contribution in [3.63, 3.8) is 0 Å². The number of nitrogens with zero attached hydrogens (tertiary/aromatic N) is 2. The first kappa shape index (κ1) is 15.9. The van der Waals surface area contributed by atoms with E-state index >= 15 is 0 Å². The Kier molecular flexibility index (Phi) is 4.59. The predicted molar refractivity (Wildman–Crippen MR) is 96.3 cm³/mol. The summed E-state index contributed by atoms with van der Waals surface area (Å²) in [7, 11) is 1.78. The summed E-state index contributed by atoms with van der Waals surface area (Å²) in [5, 5.41) is 1.12. The molecule has 3 aromatic rings. The molecular weight excluding hydrogens is 330 g/mol. The van der Waals surface area contributed by atoms with E-state index in [4.69, 9.17) is 11.6 Å². The molecule has 118 valence electrons. The fraction of sp³-hybridized carbons (Fsp3) is 0.176. The third-order valence-electron chi connectivity index (χ3n) is 3.53. The van der Waals surface area contributed by atoms with Crippen LogP contribution in [0.25, 0.3) is 11.0 Å². The lowest BCUT2D eigenvalue weighted by atomic mass is 10.3. The molecule has 1 aromatic heterocycles. The van der Waals surface area contributed by atoms with Crippen LogP contribution in [0.1, 0.15) is 6.92 Å². The van der Waals surface area contributed by atoms with Gasteiger partial charge in [0.25, 0.3) is 0 Å². The summed E-state index contributed by atoms with van der Waals surface area (Å²) in [5.74, 6) is 0.0275. The number of hydrogen-bond donors (Lipinski definition) is 1. The van der Waals surface area contributed by atoms with E-state index in [0.717, 1.165) is 16.7 Å². The van der Waals surface area contributed by atoms with E-state index < -0.39 is 0 Å². The van der Waals surface area contributed by atoms with Crippen molar-refractivity contribution in [3.8, 4) is 0 Å². The molecule has 1 N–H and O–H groups in total. The van der Waals surface area contributed by atoms with Gasteiger partial charge < -0.3 is 9.88 Å². The number of H-pyrrole nitrogens is 1. The van der Waals surface area contributed by atoms with Crippen LogP contribution in [-0.2, 0) is 4.79 Å². The normalized spacial score (nSPS) is 12.3. The minimum absolute atomic E-state index is 0.0275. The van der Waals surface area contributed by atoms with E-state index in [1.165, 1.54) is 11.8 Å². The second-order valence-electron chi connectivity index (χ2n) is 5.20. The predicted octanol–water partition coefficient (Wildman–Crippen LogP) is 4.36. The van der Waals surface area contributed by atoms with Crippen LogP contribution in [0.4, 0.5) is 5.69 Å². The van der Waals surface area contributed by atoms with Crippen LogP contribution in [0, 0.1) is 0 Å². The Morgan fingerprint density at radius 3 is 2.74 bits per heavy atom. The Morgan fingerprint density at radius 2 is 2.00 bits per heavy atom. The van der Waals surface area contributed by atoms with E-state index in [2.05, 4.69) is 9.97 Å². The van der Waals surface area contributed by atoms with Crippen LogP contribution in [-0.4, -0.2) is 28.2 Å². The van der Waals surface area contributed by atoms with Crippen molar-refractivity contribution in [2.45, 2.75) is 17.3 Å². The average molecular weight is 346 g/mol. The molecule has 6 heteroatoms. The number of amides is 1. The van der Waals surface area contributed by atoms with Gasteiger partial charge in [0.1, 0.15) is 0 Å². The summed E-state index contributed by atoms with van der Waals surface area (Å²) in [4.78, 5) is 21.9. The molecule has 1 unspecified atom stereocenters. The molecule has 0 spiro atoms. The van der Waals surface area contributed by atoms with Gasteiger partial charge in [0, 0.05) is 17.8 Å². The highest BCUT2D eigenvalue weighted by Gasteiger charge is 2.21. The maximum Gasteiger partial charge on any atom is 0.240 e. The molecule has 2 aromatic carbocycles. The molecule has 23 heavy (non-hydrogen) atoms. The van der Waals surface area contributed by atoms with Gasteiger partial charge in [-0.25, -0.2) is 4.98 Å². The van der Waals surface area contributed by atoms with Gasteiger partial charge in [0.2, 0.25) is 5.91 Å². The number of fused-ring (bicyclic) bond motifs is 1. The van der Waals surface area contributed by atoms with Crippen LogP contribution in [0.2, 0.25) is 5.02 Å². The van der Waals surface area contributed by atoms with E-state index in [1.807, 2.05) is 49.4 Å². The number of nitrogens with one attached hydrogen (secondary N) is 1. The Labute approximate surface area is 143 Å². The Hall–Kier alpha value is -1.98. The highest BCUT2D eigenvalue weighted by molar-refractivity contribution is 8.00. The van der Waals surface area contributed by atoms with Crippen LogP contribution in [0.15, 0.2) is 53.7 Å². The van der Waals surface area contributed by atoms with Crippen molar-refractivity contribution >= 4 is 46.0 Å². The van der Waals surface area contributed by atoms with Crippen LogP contribution >= 0.6 is 23.4 Å². The lowest BCUT2D eigenvalue weighted by Gasteiger charge is -2.20. The summed E-state index contributed by atoms with van der Waals surface area (Å²) in [6.07, 6.45) is 0. The molecule has 3 rings (SSSR count). The van der Waals surface area contributed by atoms with Gasteiger partial charge in [0.15, 0.2) is 5.16 Å². The Bertz CT molecular complexity index is 834. The van der Waals surface area contributed by atoms with Crippen molar-refractivity contribution in [1.29, 1.82) is 0 Å². The average Bonchev–Trinajstić information content (AvgIpc) is 2.95. The number of hydrogen-bond acceptors (Lipinski definition) is 3. The number of thioether (sulfide) groups is 1. The van der Waals surface area contributed by atoms with Crippen molar-refractivity contribution in [2.24, 2.45) is 0 Å². The number of imidazole rings is 1. The standard InChI is InChI=1S/C17H16ClN3OS/c1-11(16(22)21(2)13-6-4-3-5-7-13)23-17-19-14-9-8-12(18)10-15(14)20-17/h3-11H,1-2H3,(H,19,20). The first-order chi connectivity index (χ1) is 11.0. The molecule has 1 amide bonds. The van der Waals surface area contributed by atoms with Gasteiger partial charge in [-0.1, -0.05) is 41.6 Å². The molecule has 0 fully saturated rings. The third-order valence-corrected chi connectivity index (χ3v) is 4.74. The molecule has 0 aliphatic rings. The first-order valence-electron chi connectivity index (χ1n) is 7.19. The molecular formula is C17H16ClN3OS. The maximum atomic E-state index is 12.6. The monoisotopic (exact) mass is 345 g/mol. The van der Waals surface area contributed by atoms with Crippen LogP contribution in [0.5, 0.6) is 0 Å². The molecule has 0 bridgehead atoms. The lowest BCUT2D eigenvalue weighted by Crippen LogP contribution is -2.33. The van der Waals surface area contributed by atoms with Gasteiger partial charge >= 0.3 is 0 Å². The van der Waals surface area contributed by atoms with Crippen LogP contribution < -0.4 is 4.90 Å². The molecule has 1 heterocycles. The fourth-order valence-corrected chi connectivity index (χ4v) is 3.37. The summed E-state index contributed by atoms with van der Waals surface area (Å²) >= 11 is 7.38. The van der Waals surface area contributed by atoms with Crippen molar-refractivity contribution in [3.05, 3.63) is 53.6 Å². The number of carbonyl (C=O) groups is 1. The SMILES string of the molecule is CC(Sc1nc2ccc(Cl)cc2[nH]1)C(=O)N(C)c1ccccc1. The zero-order chi connectivity index (χ0) is 16.4. The number of para-hydroxylation sites is 1. The summed E-state index contributed by atoms with van der Waals surface area (Å²) in [5.41, 5.74) is 2.59. The van der Waals surface area contributed by atoms with Crippen LogP contribution in [0.3, 0.4) is 0 Å². The minimum atomic E-state index is -0.253. The smallest absolute Gasteiger partial charge is 0.240 e. The van der Waals surface area contributed by atoms with Crippen molar-refractivity contribution < 1.29 is 4.79 Å². The number of aromatic amines is 1. The third kappa shape index (κ3) is 3.51. The molecule has 0 aliphatic heterocycles. The van der Waals surface area contributed by atoms with E-state index in [-0.39, 0.29) is 11.2 Å². The number of anilines is 1. The zero-order valence-corrected chi connectivity index (χ0v) is 14.4. The fourth-order valence-electron chi connectivity index (χ4n) is 2.28. The summed E-state index contributed by atoms with van der Waals surface area (Å²) in [6, 6.07) is 15.1. The summed E-state index contributed by atoms with van der Waals surface area (Å²) < 4.78 is 0. The van der Waals surface area contributed by atoms with E-state index in [1.54, 1.807) is 18.0 Å². The summed E-state index contributed by atoms with van der Waals surface area (Å²) in [6.45, 7) is 1.88. The van der Waals surface area contributed by atoms with Gasteiger partial charge in [-0.15, -0.1) is 0 Å². The topological polar surface area (TPSA) is 49.0 Å². The van der Waals surface area contributed by atoms with Gasteiger partial charge in [-0.2, -0.15) is 0 Å². The van der Waals surface area contributed by atoms with Gasteiger partial charge in [0.05, 0.1) is 16.3 Å².